The Balaban J connectivity index is 1.15. The Hall–Kier alpha value is -3.57. The number of rotatable bonds is 8. The number of carbonyl (C=O) groups is 2. The van der Waals surface area contributed by atoms with E-state index in [-0.39, 0.29) is 12.1 Å². The molecule has 0 saturated carbocycles. The maximum absolute atomic E-state index is 13.8. The number of hydrogen-bond acceptors (Lipinski definition) is 6. The Bertz CT molecular complexity index is 1220. The average molecular weight is 557 g/mol. The predicted octanol–water partition coefficient (Wildman–Crippen LogP) is 4.73. The number of likely N-dealkylation sites (N-methyl/N-ethyl adjacent to an activating group) is 1. The number of nitrogens with zero attached hydrogens (tertiary/aromatic N) is 6. The van der Waals surface area contributed by atoms with Crippen LogP contribution >= 0.6 is 0 Å². The molecule has 0 spiro atoms. The third-order valence-corrected chi connectivity index (χ3v) is 9.49. The quantitative estimate of drug-likeness (QED) is 0.438. The first-order chi connectivity index (χ1) is 20.0. The first kappa shape index (κ1) is 28.9. The van der Waals surface area contributed by atoms with Gasteiger partial charge in [0.05, 0.1) is 11.6 Å². The van der Waals surface area contributed by atoms with Crippen LogP contribution in [0.3, 0.4) is 0 Å². The standard InChI is InChI=1S/C33H44N6O2/c1-3-39(32(41)35(2)29-13-19-38(20-14-29)31-8-6-7-28(23-31)24-34)33(26-40)15-21-36(22-16-33)25-27-9-11-30(12-10-27)37-17-4-5-18-37/h6-12,23,26,29H,3-5,13-22,25H2,1-2H3. The second kappa shape index (κ2) is 12.9. The fraction of sp³-hybridized carbons (Fsp3) is 0.545. The van der Waals surface area contributed by atoms with Gasteiger partial charge in [-0.2, -0.15) is 5.26 Å². The van der Waals surface area contributed by atoms with Crippen molar-refractivity contribution in [3.8, 4) is 6.07 Å². The molecular weight excluding hydrogens is 512 g/mol. The Morgan fingerprint density at radius 3 is 2.24 bits per heavy atom. The van der Waals surface area contributed by atoms with E-state index in [2.05, 4.69) is 45.0 Å². The van der Waals surface area contributed by atoms with Crippen LogP contribution in [0.1, 0.15) is 56.6 Å². The van der Waals surface area contributed by atoms with Crippen LogP contribution < -0.4 is 9.80 Å². The second-order valence-corrected chi connectivity index (χ2v) is 11.9. The van der Waals surface area contributed by atoms with Crippen molar-refractivity contribution in [2.75, 3.05) is 62.7 Å². The Kier molecular flexibility index (Phi) is 9.14. The predicted molar refractivity (Wildman–Crippen MR) is 163 cm³/mol. The first-order valence-electron chi connectivity index (χ1n) is 15.3. The van der Waals surface area contributed by atoms with Crippen LogP contribution in [-0.4, -0.2) is 91.5 Å². The zero-order valence-electron chi connectivity index (χ0n) is 24.7. The monoisotopic (exact) mass is 556 g/mol. The molecule has 41 heavy (non-hydrogen) atoms. The molecule has 8 heteroatoms. The molecule has 0 aliphatic carbocycles. The number of amides is 2. The molecule has 3 aliphatic heterocycles. The minimum Gasteiger partial charge on any atom is -0.372 e. The van der Waals surface area contributed by atoms with Gasteiger partial charge in [-0.1, -0.05) is 18.2 Å². The van der Waals surface area contributed by atoms with Crippen molar-refractivity contribution in [1.82, 2.24) is 14.7 Å². The van der Waals surface area contributed by atoms with E-state index in [1.165, 1.54) is 24.1 Å². The van der Waals surface area contributed by atoms with Crippen molar-refractivity contribution in [2.45, 2.75) is 63.6 Å². The number of likely N-dealkylation sites (tertiary alicyclic amines) is 1. The number of aldehydes is 1. The summed E-state index contributed by atoms with van der Waals surface area (Å²) in [6.45, 7) is 8.91. The van der Waals surface area contributed by atoms with E-state index in [0.717, 1.165) is 70.6 Å². The summed E-state index contributed by atoms with van der Waals surface area (Å²) in [6, 6.07) is 18.9. The summed E-state index contributed by atoms with van der Waals surface area (Å²) in [5.74, 6) is 0. The van der Waals surface area contributed by atoms with Gasteiger partial charge in [0.2, 0.25) is 0 Å². The van der Waals surface area contributed by atoms with Gasteiger partial charge in [-0.25, -0.2) is 4.79 Å². The molecule has 3 fully saturated rings. The minimum atomic E-state index is -0.755. The minimum absolute atomic E-state index is 0.0459. The molecule has 0 bridgehead atoms. The summed E-state index contributed by atoms with van der Waals surface area (Å²) in [7, 11) is 1.89. The molecule has 0 unspecified atom stereocenters. The zero-order chi connectivity index (χ0) is 28.8. The van der Waals surface area contributed by atoms with Crippen molar-refractivity contribution in [3.05, 3.63) is 59.7 Å². The van der Waals surface area contributed by atoms with Crippen LogP contribution in [0, 0.1) is 11.3 Å². The number of urea groups is 1. The van der Waals surface area contributed by atoms with Crippen LogP contribution in [0.25, 0.3) is 0 Å². The molecule has 3 aliphatic rings. The fourth-order valence-electron chi connectivity index (χ4n) is 6.87. The normalized spacial score (nSPS) is 19.5. The molecule has 0 radical (unpaired) electrons. The van der Waals surface area contributed by atoms with Crippen molar-refractivity contribution in [1.29, 1.82) is 5.26 Å². The fourth-order valence-corrected chi connectivity index (χ4v) is 6.87. The number of carbonyl (C=O) groups excluding carboxylic acids is 2. The highest BCUT2D eigenvalue weighted by Gasteiger charge is 2.43. The molecule has 2 aromatic carbocycles. The molecule has 0 atom stereocenters. The van der Waals surface area contributed by atoms with E-state index in [0.29, 0.717) is 24.9 Å². The molecule has 3 heterocycles. The van der Waals surface area contributed by atoms with Gasteiger partial charge in [-0.3, -0.25) is 4.90 Å². The van der Waals surface area contributed by atoms with Crippen molar-refractivity contribution < 1.29 is 9.59 Å². The third-order valence-electron chi connectivity index (χ3n) is 9.49. The van der Waals surface area contributed by atoms with Crippen LogP contribution in [-0.2, 0) is 11.3 Å². The second-order valence-electron chi connectivity index (χ2n) is 11.9. The summed E-state index contributed by atoms with van der Waals surface area (Å²) in [5.41, 5.74) is 3.57. The molecular formula is C33H44N6O2. The molecule has 2 aromatic rings. The molecule has 3 saturated heterocycles. The smallest absolute Gasteiger partial charge is 0.320 e. The lowest BCUT2D eigenvalue weighted by atomic mass is 9.86. The molecule has 2 amide bonds. The van der Waals surface area contributed by atoms with E-state index in [1.807, 2.05) is 48.0 Å². The van der Waals surface area contributed by atoms with E-state index in [1.54, 1.807) is 0 Å². The molecule has 218 valence electrons. The van der Waals surface area contributed by atoms with Gasteiger partial charge in [-0.05, 0) is 81.3 Å². The lowest BCUT2D eigenvalue weighted by molar-refractivity contribution is -0.120. The van der Waals surface area contributed by atoms with Gasteiger partial charge in [0, 0.05) is 76.8 Å². The van der Waals surface area contributed by atoms with Gasteiger partial charge < -0.3 is 24.4 Å². The first-order valence-corrected chi connectivity index (χ1v) is 15.3. The Labute approximate surface area is 245 Å². The van der Waals surface area contributed by atoms with E-state index in [9.17, 15) is 14.9 Å². The summed E-state index contributed by atoms with van der Waals surface area (Å²) in [4.78, 5) is 37.3. The van der Waals surface area contributed by atoms with Gasteiger partial charge in [0.15, 0.2) is 0 Å². The Morgan fingerprint density at radius 1 is 0.976 bits per heavy atom. The van der Waals surface area contributed by atoms with Crippen molar-refractivity contribution in [2.24, 2.45) is 0 Å². The third kappa shape index (κ3) is 6.36. The largest absolute Gasteiger partial charge is 0.372 e. The number of hydrogen-bond donors (Lipinski definition) is 0. The number of anilines is 2. The Morgan fingerprint density at radius 2 is 1.63 bits per heavy atom. The van der Waals surface area contributed by atoms with Gasteiger partial charge in [-0.15, -0.1) is 0 Å². The maximum atomic E-state index is 13.8. The van der Waals surface area contributed by atoms with E-state index in [4.69, 9.17) is 0 Å². The van der Waals surface area contributed by atoms with Gasteiger partial charge in [0.1, 0.15) is 11.8 Å². The zero-order valence-corrected chi connectivity index (χ0v) is 24.7. The molecule has 0 N–H and O–H groups in total. The SMILES string of the molecule is CCN(C(=O)N(C)C1CCN(c2cccc(C#N)c2)CC1)C1(C=O)CCN(Cc2ccc(N3CCCC3)cc2)CC1. The van der Waals surface area contributed by atoms with Gasteiger partial charge in [0.25, 0.3) is 0 Å². The highest BCUT2D eigenvalue weighted by molar-refractivity contribution is 5.81. The van der Waals surface area contributed by atoms with Crippen LogP contribution in [0.5, 0.6) is 0 Å². The van der Waals surface area contributed by atoms with Gasteiger partial charge >= 0.3 is 6.03 Å². The van der Waals surface area contributed by atoms with Crippen molar-refractivity contribution >= 4 is 23.7 Å². The highest BCUT2D eigenvalue weighted by atomic mass is 16.2. The number of benzene rings is 2. The topological polar surface area (TPSA) is 74.1 Å². The lowest BCUT2D eigenvalue weighted by Crippen LogP contribution is -2.62. The van der Waals surface area contributed by atoms with Crippen molar-refractivity contribution in [3.63, 3.8) is 0 Å². The summed E-state index contributed by atoms with van der Waals surface area (Å²) < 4.78 is 0. The van der Waals surface area contributed by atoms with E-state index < -0.39 is 5.54 Å². The van der Waals surface area contributed by atoms with Crippen LogP contribution in [0.2, 0.25) is 0 Å². The number of nitriles is 1. The lowest BCUT2D eigenvalue weighted by Gasteiger charge is -2.47. The van der Waals surface area contributed by atoms with E-state index >= 15 is 0 Å². The molecule has 5 rings (SSSR count). The maximum Gasteiger partial charge on any atom is 0.320 e. The summed E-state index contributed by atoms with van der Waals surface area (Å²) in [5, 5.41) is 9.24. The highest BCUT2D eigenvalue weighted by Crippen LogP contribution is 2.31. The number of piperidine rings is 2. The van der Waals surface area contributed by atoms with Crippen LogP contribution in [0.15, 0.2) is 48.5 Å². The molecule has 8 nitrogen and oxygen atoms in total. The average Bonchev–Trinajstić information content (AvgIpc) is 3.57. The summed E-state index contributed by atoms with van der Waals surface area (Å²) in [6.07, 6.45) is 6.62. The summed E-state index contributed by atoms with van der Waals surface area (Å²) >= 11 is 0. The van der Waals surface area contributed by atoms with Crippen LogP contribution in [0.4, 0.5) is 16.2 Å². The molecule has 0 aromatic heterocycles.